The van der Waals surface area contributed by atoms with Crippen molar-refractivity contribution in [2.75, 3.05) is 18.8 Å². The molecule has 7 heteroatoms. The minimum absolute atomic E-state index is 0.0556. The molecule has 0 aliphatic carbocycles. The first-order chi connectivity index (χ1) is 7.74. The van der Waals surface area contributed by atoms with Crippen molar-refractivity contribution in [2.24, 2.45) is 0 Å². The van der Waals surface area contributed by atoms with Crippen LogP contribution in [0.1, 0.15) is 6.92 Å². The fraction of sp³-hybridized carbons (Fsp3) is 0.400. The highest BCUT2D eigenvalue weighted by atomic mass is 35.5. The van der Waals surface area contributed by atoms with Crippen molar-refractivity contribution in [3.63, 3.8) is 0 Å². The lowest BCUT2D eigenvalue weighted by atomic mass is 10.0. The molecule has 0 bridgehead atoms. The van der Waals surface area contributed by atoms with Crippen LogP contribution in [-0.2, 0) is 10.0 Å². The number of β-amino-alcohol motifs (C(OH)–C–C–N with tert-alkyl or cyclic N) is 1. The van der Waals surface area contributed by atoms with Crippen LogP contribution in [0.25, 0.3) is 0 Å². The van der Waals surface area contributed by atoms with Crippen LogP contribution in [-0.4, -0.2) is 36.5 Å². The topological polar surface area (TPSA) is 83.6 Å². The van der Waals surface area contributed by atoms with Gasteiger partial charge in [-0.1, -0.05) is 17.7 Å². The van der Waals surface area contributed by atoms with E-state index < -0.39 is 15.6 Å². The van der Waals surface area contributed by atoms with Gasteiger partial charge in [0, 0.05) is 13.1 Å². The van der Waals surface area contributed by atoms with Crippen LogP contribution >= 0.6 is 11.6 Å². The lowest BCUT2D eigenvalue weighted by Crippen LogP contribution is -2.61. The van der Waals surface area contributed by atoms with Gasteiger partial charge in [0.1, 0.15) is 4.90 Å². The minimum atomic E-state index is -3.72. The Bertz CT molecular complexity index is 528. The van der Waals surface area contributed by atoms with Gasteiger partial charge in [-0.05, 0) is 19.1 Å². The summed E-state index contributed by atoms with van der Waals surface area (Å²) in [7, 11) is -3.72. The molecule has 0 unspecified atom stereocenters. The number of halogens is 1. The van der Waals surface area contributed by atoms with Gasteiger partial charge in [0.2, 0.25) is 10.0 Å². The normalized spacial score (nSPS) is 19.9. The number of anilines is 1. The number of aliphatic hydroxyl groups is 1. The maximum absolute atomic E-state index is 12.2. The van der Waals surface area contributed by atoms with Crippen LogP contribution in [0.15, 0.2) is 23.1 Å². The van der Waals surface area contributed by atoms with E-state index in [9.17, 15) is 13.5 Å². The molecule has 0 aromatic heterocycles. The van der Waals surface area contributed by atoms with Crippen molar-refractivity contribution in [1.82, 2.24) is 4.31 Å². The van der Waals surface area contributed by atoms with E-state index in [1.54, 1.807) is 13.0 Å². The highest BCUT2D eigenvalue weighted by Crippen LogP contribution is 2.34. The quantitative estimate of drug-likeness (QED) is 0.778. The van der Waals surface area contributed by atoms with Crippen molar-refractivity contribution in [2.45, 2.75) is 17.4 Å². The van der Waals surface area contributed by atoms with Crippen LogP contribution in [0.2, 0.25) is 5.02 Å². The van der Waals surface area contributed by atoms with Gasteiger partial charge >= 0.3 is 0 Å². The minimum Gasteiger partial charge on any atom is -0.398 e. The molecule has 1 fully saturated rings. The van der Waals surface area contributed by atoms with Crippen LogP contribution in [0, 0.1) is 0 Å². The fourth-order valence-electron chi connectivity index (χ4n) is 1.81. The maximum atomic E-state index is 12.2. The summed E-state index contributed by atoms with van der Waals surface area (Å²) in [6, 6.07) is 4.54. The average Bonchev–Trinajstić information content (AvgIpc) is 2.13. The van der Waals surface area contributed by atoms with E-state index in [0.717, 1.165) is 4.31 Å². The van der Waals surface area contributed by atoms with E-state index in [1.807, 2.05) is 0 Å². The van der Waals surface area contributed by atoms with Crippen LogP contribution < -0.4 is 5.73 Å². The summed E-state index contributed by atoms with van der Waals surface area (Å²) < 4.78 is 25.5. The van der Waals surface area contributed by atoms with Gasteiger partial charge in [-0.25, -0.2) is 8.42 Å². The largest absolute Gasteiger partial charge is 0.398 e. The summed E-state index contributed by atoms with van der Waals surface area (Å²) in [4.78, 5) is -0.0860. The van der Waals surface area contributed by atoms with Gasteiger partial charge in [-0.3, -0.25) is 0 Å². The molecule has 1 aliphatic heterocycles. The van der Waals surface area contributed by atoms with E-state index in [1.165, 1.54) is 12.1 Å². The zero-order chi connectivity index (χ0) is 12.8. The van der Waals surface area contributed by atoms with Crippen molar-refractivity contribution in [3.05, 3.63) is 23.2 Å². The Morgan fingerprint density at radius 3 is 2.53 bits per heavy atom. The first-order valence-corrected chi connectivity index (χ1v) is 6.82. The number of nitrogens with two attached hydrogens (primary N) is 1. The third kappa shape index (κ3) is 2.13. The molecule has 1 heterocycles. The highest BCUT2D eigenvalue weighted by molar-refractivity contribution is 7.89. The molecular formula is C10H13ClN2O3S. The Balaban J connectivity index is 2.40. The summed E-state index contributed by atoms with van der Waals surface area (Å²) in [6.45, 7) is 1.69. The summed E-state index contributed by atoms with van der Waals surface area (Å²) in [5, 5.41) is 9.66. The Hall–Kier alpha value is -0.820. The van der Waals surface area contributed by atoms with Gasteiger partial charge < -0.3 is 10.8 Å². The Labute approximate surface area is 105 Å². The maximum Gasteiger partial charge on any atom is 0.246 e. The highest BCUT2D eigenvalue weighted by Gasteiger charge is 2.44. The third-order valence-electron chi connectivity index (χ3n) is 2.63. The Morgan fingerprint density at radius 1 is 1.47 bits per heavy atom. The molecule has 3 N–H and O–H groups in total. The summed E-state index contributed by atoms with van der Waals surface area (Å²) in [5.41, 5.74) is 4.78. The van der Waals surface area contributed by atoms with E-state index in [2.05, 4.69) is 0 Å². The van der Waals surface area contributed by atoms with Crippen molar-refractivity contribution in [1.29, 1.82) is 0 Å². The molecule has 5 nitrogen and oxygen atoms in total. The summed E-state index contributed by atoms with van der Waals surface area (Å²) in [5.74, 6) is 0. The standard InChI is InChI=1S/C10H13ClN2O3S/c1-10(14)5-13(6-10)17(15,16)9-7(11)3-2-4-8(9)12/h2-4,14H,5-6,12H2,1H3. The average molecular weight is 277 g/mol. The van der Waals surface area contributed by atoms with Crippen LogP contribution in [0.3, 0.4) is 0 Å². The number of hydrogen-bond acceptors (Lipinski definition) is 4. The Kier molecular flexibility index (Phi) is 2.86. The second kappa shape index (κ2) is 3.84. The molecule has 0 radical (unpaired) electrons. The molecule has 94 valence electrons. The van der Waals surface area contributed by atoms with Gasteiger partial charge in [-0.2, -0.15) is 4.31 Å². The molecular weight excluding hydrogens is 264 g/mol. The van der Waals surface area contributed by atoms with Gasteiger partial charge in [0.15, 0.2) is 0 Å². The zero-order valence-electron chi connectivity index (χ0n) is 9.22. The molecule has 1 aromatic rings. The molecule has 0 atom stereocenters. The second-order valence-electron chi connectivity index (χ2n) is 4.43. The summed E-state index contributed by atoms with van der Waals surface area (Å²) in [6.07, 6.45) is 0. The van der Waals surface area contributed by atoms with E-state index in [4.69, 9.17) is 17.3 Å². The predicted molar refractivity (Wildman–Crippen MR) is 65.2 cm³/mol. The fourth-order valence-corrected chi connectivity index (χ4v) is 4.12. The van der Waals surface area contributed by atoms with Gasteiger partial charge in [0.05, 0.1) is 16.3 Å². The molecule has 0 saturated carbocycles. The molecule has 1 saturated heterocycles. The van der Waals surface area contributed by atoms with E-state index >= 15 is 0 Å². The number of hydrogen-bond donors (Lipinski definition) is 2. The Morgan fingerprint density at radius 2 is 2.06 bits per heavy atom. The number of rotatable bonds is 2. The third-order valence-corrected chi connectivity index (χ3v) is 4.97. The van der Waals surface area contributed by atoms with Gasteiger partial charge in [0.25, 0.3) is 0 Å². The lowest BCUT2D eigenvalue weighted by Gasteiger charge is -2.43. The first kappa shape index (κ1) is 12.6. The van der Waals surface area contributed by atoms with Crippen molar-refractivity contribution >= 4 is 27.3 Å². The summed E-state index contributed by atoms with van der Waals surface area (Å²) >= 11 is 5.86. The molecule has 1 aromatic carbocycles. The number of sulfonamides is 1. The van der Waals surface area contributed by atoms with E-state index in [0.29, 0.717) is 0 Å². The van der Waals surface area contributed by atoms with Gasteiger partial charge in [-0.15, -0.1) is 0 Å². The smallest absolute Gasteiger partial charge is 0.246 e. The van der Waals surface area contributed by atoms with Crippen LogP contribution in [0.5, 0.6) is 0 Å². The number of benzene rings is 1. The van der Waals surface area contributed by atoms with E-state index in [-0.39, 0.29) is 28.7 Å². The monoisotopic (exact) mass is 276 g/mol. The SMILES string of the molecule is CC1(O)CN(S(=O)(=O)c2c(N)cccc2Cl)C1. The second-order valence-corrected chi connectivity index (χ2v) is 6.71. The molecule has 0 spiro atoms. The molecule has 1 aliphatic rings. The molecule has 0 amide bonds. The predicted octanol–water partition coefficient (Wildman–Crippen LogP) is 0.677. The van der Waals surface area contributed by atoms with Crippen molar-refractivity contribution < 1.29 is 13.5 Å². The zero-order valence-corrected chi connectivity index (χ0v) is 10.8. The van der Waals surface area contributed by atoms with Crippen LogP contribution in [0.4, 0.5) is 5.69 Å². The molecule has 2 rings (SSSR count). The molecule has 17 heavy (non-hydrogen) atoms. The first-order valence-electron chi connectivity index (χ1n) is 5.00. The lowest BCUT2D eigenvalue weighted by molar-refractivity contribution is -0.0426. The number of nitrogen functional groups attached to an aromatic ring is 1. The van der Waals surface area contributed by atoms with Crippen molar-refractivity contribution in [3.8, 4) is 0 Å². The number of nitrogens with zero attached hydrogens (tertiary/aromatic N) is 1.